The number of hydrogen-bond acceptors (Lipinski definition) is 3. The van der Waals surface area contributed by atoms with E-state index in [9.17, 15) is 4.79 Å². The van der Waals surface area contributed by atoms with Gasteiger partial charge in [-0.05, 0) is 51.3 Å². The summed E-state index contributed by atoms with van der Waals surface area (Å²) >= 11 is 0. The molecule has 4 heteroatoms. The molecule has 138 valence electrons. The molecule has 25 heavy (non-hydrogen) atoms. The lowest BCUT2D eigenvalue weighted by Crippen LogP contribution is -2.34. The zero-order chi connectivity index (χ0) is 17.6. The van der Waals surface area contributed by atoms with Gasteiger partial charge in [0.25, 0.3) is 0 Å². The maximum atomic E-state index is 12.7. The van der Waals surface area contributed by atoms with Gasteiger partial charge in [0.05, 0.1) is 6.10 Å². The Kier molecular flexibility index (Phi) is 6.49. The second kappa shape index (κ2) is 8.81. The molecule has 1 heterocycles. The van der Waals surface area contributed by atoms with Crippen molar-refractivity contribution in [3.63, 3.8) is 0 Å². The van der Waals surface area contributed by atoms with Gasteiger partial charge in [-0.15, -0.1) is 0 Å². The van der Waals surface area contributed by atoms with Crippen LogP contribution in [0.1, 0.15) is 57.4 Å². The fourth-order valence-corrected chi connectivity index (χ4v) is 4.17. The minimum atomic E-state index is 0.0629. The van der Waals surface area contributed by atoms with Crippen LogP contribution in [-0.2, 0) is 16.1 Å². The van der Waals surface area contributed by atoms with Gasteiger partial charge < -0.3 is 10.1 Å². The van der Waals surface area contributed by atoms with Crippen molar-refractivity contribution >= 4 is 11.6 Å². The Labute approximate surface area is 151 Å². The molecule has 4 nitrogen and oxygen atoms in total. The predicted molar refractivity (Wildman–Crippen MR) is 102 cm³/mol. The third kappa shape index (κ3) is 5.05. The Hall–Kier alpha value is -1.39. The highest BCUT2D eigenvalue weighted by molar-refractivity contribution is 5.93. The number of ether oxygens (including phenoxy) is 1. The lowest BCUT2D eigenvalue weighted by atomic mass is 9.94. The molecule has 2 fully saturated rings. The quantitative estimate of drug-likeness (QED) is 0.870. The molecule has 0 spiro atoms. The van der Waals surface area contributed by atoms with E-state index >= 15 is 0 Å². The summed E-state index contributed by atoms with van der Waals surface area (Å²) in [6.45, 7) is 3.63. The van der Waals surface area contributed by atoms with Gasteiger partial charge in [-0.1, -0.05) is 37.5 Å². The molecule has 1 saturated carbocycles. The van der Waals surface area contributed by atoms with Crippen LogP contribution in [0.5, 0.6) is 0 Å². The number of nitrogens with zero attached hydrogens (tertiary/aromatic N) is 1. The predicted octanol–water partition coefficient (Wildman–Crippen LogP) is 4.20. The summed E-state index contributed by atoms with van der Waals surface area (Å²) in [6, 6.07) is 8.92. The Morgan fingerprint density at radius 1 is 1.20 bits per heavy atom. The molecule has 3 rings (SSSR count). The van der Waals surface area contributed by atoms with Gasteiger partial charge in [0, 0.05) is 30.8 Å². The number of benzene rings is 1. The molecule has 0 aromatic heterocycles. The normalized spacial score (nSPS) is 25.1. The number of hydrogen-bond donors (Lipinski definition) is 1. The number of amides is 1. The van der Waals surface area contributed by atoms with E-state index in [2.05, 4.69) is 29.4 Å². The number of carbonyl (C=O) groups excluding carboxylic acids is 1. The molecule has 1 aromatic rings. The van der Waals surface area contributed by atoms with Gasteiger partial charge in [0.2, 0.25) is 5.91 Å². The van der Waals surface area contributed by atoms with Crippen LogP contribution in [0.3, 0.4) is 0 Å². The average Bonchev–Trinajstić information content (AvgIpc) is 2.64. The van der Waals surface area contributed by atoms with Gasteiger partial charge >= 0.3 is 0 Å². The van der Waals surface area contributed by atoms with Crippen LogP contribution in [0.25, 0.3) is 0 Å². The van der Waals surface area contributed by atoms with Crippen LogP contribution >= 0.6 is 0 Å². The molecular formula is C21H32N2O2. The SMILES string of the molecule is C[C@@H]1C[C@@H](C(=O)Nc2ccccc2CN(C)C2CCCCC2)CCO1. The van der Waals surface area contributed by atoms with Crippen molar-refractivity contribution in [2.45, 2.75) is 70.6 Å². The van der Waals surface area contributed by atoms with Crippen molar-refractivity contribution < 1.29 is 9.53 Å². The molecule has 1 aliphatic carbocycles. The van der Waals surface area contributed by atoms with Crippen molar-refractivity contribution in [3.05, 3.63) is 29.8 Å². The Morgan fingerprint density at radius 3 is 2.72 bits per heavy atom. The van der Waals surface area contributed by atoms with Crippen LogP contribution < -0.4 is 5.32 Å². The van der Waals surface area contributed by atoms with E-state index in [1.165, 1.54) is 37.7 Å². The number of rotatable bonds is 5. The standard InChI is InChI=1S/C21H32N2O2/c1-16-14-17(12-13-25-16)21(24)22-20-11-7-6-8-18(20)15-23(2)19-9-4-3-5-10-19/h6-8,11,16-17,19H,3-5,9-10,12-15H2,1-2H3,(H,22,24)/t16-,17+/m1/s1. The second-order valence-corrected chi connectivity index (χ2v) is 7.76. The van der Waals surface area contributed by atoms with E-state index < -0.39 is 0 Å². The third-order valence-electron chi connectivity index (χ3n) is 5.75. The van der Waals surface area contributed by atoms with Crippen molar-refractivity contribution in [1.82, 2.24) is 4.90 Å². The molecule has 0 bridgehead atoms. The average molecular weight is 344 g/mol. The van der Waals surface area contributed by atoms with Gasteiger partial charge in [-0.3, -0.25) is 9.69 Å². The number of carbonyl (C=O) groups is 1. The van der Waals surface area contributed by atoms with E-state index in [1.807, 2.05) is 19.1 Å². The van der Waals surface area contributed by atoms with Crippen molar-refractivity contribution in [1.29, 1.82) is 0 Å². The summed E-state index contributed by atoms with van der Waals surface area (Å²) in [5.74, 6) is 0.204. The highest BCUT2D eigenvalue weighted by Crippen LogP contribution is 2.26. The largest absolute Gasteiger partial charge is 0.378 e. The smallest absolute Gasteiger partial charge is 0.227 e. The lowest BCUT2D eigenvalue weighted by molar-refractivity contribution is -0.124. The van der Waals surface area contributed by atoms with Crippen molar-refractivity contribution in [2.75, 3.05) is 19.0 Å². The Balaban J connectivity index is 1.62. The zero-order valence-corrected chi connectivity index (χ0v) is 15.7. The first-order valence-electron chi connectivity index (χ1n) is 9.84. The zero-order valence-electron chi connectivity index (χ0n) is 15.7. The molecule has 1 N–H and O–H groups in total. The van der Waals surface area contributed by atoms with Gasteiger partial charge in [-0.25, -0.2) is 0 Å². The van der Waals surface area contributed by atoms with Crippen molar-refractivity contribution in [3.8, 4) is 0 Å². The van der Waals surface area contributed by atoms with Gasteiger partial charge in [0.15, 0.2) is 0 Å². The van der Waals surface area contributed by atoms with E-state index in [0.717, 1.165) is 25.1 Å². The van der Waals surface area contributed by atoms with E-state index in [4.69, 9.17) is 4.74 Å². The molecular weight excluding hydrogens is 312 g/mol. The van der Waals surface area contributed by atoms with Crippen molar-refractivity contribution in [2.24, 2.45) is 5.92 Å². The molecule has 1 saturated heterocycles. The van der Waals surface area contributed by atoms with E-state index in [-0.39, 0.29) is 17.9 Å². The molecule has 2 aliphatic rings. The Morgan fingerprint density at radius 2 is 1.96 bits per heavy atom. The second-order valence-electron chi connectivity index (χ2n) is 7.76. The summed E-state index contributed by atoms with van der Waals surface area (Å²) < 4.78 is 5.57. The summed E-state index contributed by atoms with van der Waals surface area (Å²) in [7, 11) is 2.22. The van der Waals surface area contributed by atoms with Crippen LogP contribution in [0.4, 0.5) is 5.69 Å². The summed E-state index contributed by atoms with van der Waals surface area (Å²) in [5, 5.41) is 3.19. The molecule has 2 atom stereocenters. The Bertz CT molecular complexity index is 569. The first-order valence-corrected chi connectivity index (χ1v) is 9.84. The van der Waals surface area contributed by atoms with Crippen LogP contribution in [-0.4, -0.2) is 36.6 Å². The first-order chi connectivity index (χ1) is 12.1. The number of anilines is 1. The summed E-state index contributed by atoms with van der Waals surface area (Å²) in [6.07, 6.45) is 8.47. The lowest BCUT2D eigenvalue weighted by Gasteiger charge is -2.32. The monoisotopic (exact) mass is 344 g/mol. The maximum Gasteiger partial charge on any atom is 0.227 e. The number of nitrogens with one attached hydrogen (secondary N) is 1. The first kappa shape index (κ1) is 18.4. The molecule has 1 amide bonds. The fourth-order valence-electron chi connectivity index (χ4n) is 4.17. The topological polar surface area (TPSA) is 41.6 Å². The minimum Gasteiger partial charge on any atom is -0.378 e. The fraction of sp³-hybridized carbons (Fsp3) is 0.667. The van der Waals surface area contributed by atoms with Crippen LogP contribution in [0.2, 0.25) is 0 Å². The summed E-state index contributed by atoms with van der Waals surface area (Å²) in [4.78, 5) is 15.1. The van der Waals surface area contributed by atoms with Gasteiger partial charge in [0.1, 0.15) is 0 Å². The van der Waals surface area contributed by atoms with Crippen LogP contribution in [0.15, 0.2) is 24.3 Å². The highest BCUT2D eigenvalue weighted by Gasteiger charge is 2.26. The minimum absolute atomic E-state index is 0.0629. The van der Waals surface area contributed by atoms with Crippen LogP contribution in [0, 0.1) is 5.92 Å². The maximum absolute atomic E-state index is 12.7. The van der Waals surface area contributed by atoms with E-state index in [0.29, 0.717) is 12.6 Å². The molecule has 1 aromatic carbocycles. The molecule has 0 unspecified atom stereocenters. The third-order valence-corrected chi connectivity index (χ3v) is 5.75. The molecule has 0 radical (unpaired) electrons. The highest BCUT2D eigenvalue weighted by atomic mass is 16.5. The summed E-state index contributed by atoms with van der Waals surface area (Å²) in [5.41, 5.74) is 2.18. The molecule has 1 aliphatic heterocycles. The van der Waals surface area contributed by atoms with Gasteiger partial charge in [-0.2, -0.15) is 0 Å². The van der Waals surface area contributed by atoms with E-state index in [1.54, 1.807) is 0 Å². The number of para-hydroxylation sites is 1.